The second kappa shape index (κ2) is 12.5. The summed E-state index contributed by atoms with van der Waals surface area (Å²) in [5.74, 6) is -0.302. The van der Waals surface area contributed by atoms with Crippen LogP contribution in [0, 0.1) is 0 Å². The fraction of sp³-hybridized carbons (Fsp3) is 0.417. The van der Waals surface area contributed by atoms with E-state index in [9.17, 15) is 18.0 Å². The molecule has 0 aliphatic heterocycles. The molecule has 0 unspecified atom stereocenters. The Bertz CT molecular complexity index is 1160. The van der Waals surface area contributed by atoms with E-state index in [0.717, 1.165) is 16.1 Å². The number of sulfonamides is 1. The van der Waals surface area contributed by atoms with Gasteiger partial charge in [-0.1, -0.05) is 42.3 Å². The highest BCUT2D eigenvalue weighted by molar-refractivity contribution is 7.92. The molecule has 1 N–H and O–H groups in total. The molecular weight excluding hydrogens is 513 g/mol. The number of ether oxygens (including phenoxy) is 1. The molecule has 0 saturated heterocycles. The van der Waals surface area contributed by atoms with Crippen LogP contribution >= 0.6 is 23.2 Å². The summed E-state index contributed by atoms with van der Waals surface area (Å²) in [7, 11) is -2.39. The maximum atomic E-state index is 13.7. The highest BCUT2D eigenvalue weighted by atomic mass is 35.5. The molecule has 192 valence electrons. The van der Waals surface area contributed by atoms with E-state index in [-0.39, 0.29) is 34.2 Å². The van der Waals surface area contributed by atoms with Crippen molar-refractivity contribution in [1.29, 1.82) is 0 Å². The van der Waals surface area contributed by atoms with Crippen molar-refractivity contribution >= 4 is 50.7 Å². The summed E-state index contributed by atoms with van der Waals surface area (Å²) in [6.45, 7) is 4.95. The van der Waals surface area contributed by atoms with E-state index in [0.29, 0.717) is 12.2 Å². The molecule has 0 spiro atoms. The number of nitrogens with one attached hydrogen (secondary N) is 1. The number of hydrogen-bond acceptors (Lipinski definition) is 5. The Kier molecular flexibility index (Phi) is 10.2. The van der Waals surface area contributed by atoms with Gasteiger partial charge >= 0.3 is 0 Å². The van der Waals surface area contributed by atoms with Gasteiger partial charge < -0.3 is 15.0 Å². The number of benzene rings is 2. The molecule has 2 amide bonds. The normalized spacial score (nSPS) is 12.2. The standard InChI is InChI=1S/C24H31Cl2N3O5S/c1-6-21(24(31)27-16(2)3)28(14-17-8-7-9-19(12-17)34-4)23(30)15-29(35(5,32)33)22-13-18(25)10-11-20(22)26/h7-13,16,21H,6,14-15H2,1-5H3,(H,27,31)/t21-/m1/s1. The zero-order valence-corrected chi connectivity index (χ0v) is 22.7. The molecule has 0 aliphatic carbocycles. The van der Waals surface area contributed by atoms with Gasteiger partial charge in [0, 0.05) is 17.6 Å². The van der Waals surface area contributed by atoms with Crippen molar-refractivity contribution in [3.05, 3.63) is 58.1 Å². The third-order valence-corrected chi connectivity index (χ3v) is 6.84. The van der Waals surface area contributed by atoms with Gasteiger partial charge in [0.25, 0.3) is 0 Å². The number of rotatable bonds is 11. The van der Waals surface area contributed by atoms with Gasteiger partial charge in [-0.3, -0.25) is 13.9 Å². The molecular formula is C24H31Cl2N3O5S. The van der Waals surface area contributed by atoms with Gasteiger partial charge in [-0.05, 0) is 56.2 Å². The molecule has 8 nitrogen and oxygen atoms in total. The molecule has 0 bridgehead atoms. The van der Waals surface area contributed by atoms with Crippen molar-refractivity contribution in [1.82, 2.24) is 10.2 Å². The van der Waals surface area contributed by atoms with Crippen LogP contribution in [-0.2, 0) is 26.2 Å². The molecule has 2 aromatic carbocycles. The number of anilines is 1. The number of methoxy groups -OCH3 is 1. The summed E-state index contributed by atoms with van der Waals surface area (Å²) in [6.07, 6.45) is 1.30. The molecule has 1 atom stereocenters. The zero-order chi connectivity index (χ0) is 26.3. The lowest BCUT2D eigenvalue weighted by molar-refractivity contribution is -0.140. The molecule has 0 aliphatic rings. The van der Waals surface area contributed by atoms with E-state index < -0.39 is 28.5 Å². The first-order valence-electron chi connectivity index (χ1n) is 11.0. The summed E-state index contributed by atoms with van der Waals surface area (Å²) >= 11 is 12.3. The van der Waals surface area contributed by atoms with E-state index in [1.807, 2.05) is 13.8 Å². The van der Waals surface area contributed by atoms with E-state index in [1.54, 1.807) is 31.2 Å². The van der Waals surface area contributed by atoms with E-state index in [2.05, 4.69) is 5.32 Å². The van der Waals surface area contributed by atoms with Crippen LogP contribution in [0.2, 0.25) is 10.0 Å². The van der Waals surface area contributed by atoms with Crippen molar-refractivity contribution < 1.29 is 22.7 Å². The predicted molar refractivity (Wildman–Crippen MR) is 140 cm³/mol. The zero-order valence-electron chi connectivity index (χ0n) is 20.4. The van der Waals surface area contributed by atoms with Crippen molar-refractivity contribution in [3.8, 4) is 5.75 Å². The second-order valence-electron chi connectivity index (χ2n) is 8.33. The summed E-state index contributed by atoms with van der Waals surface area (Å²) in [5.41, 5.74) is 0.802. The SMILES string of the molecule is CC[C@H](C(=O)NC(C)C)N(Cc1cccc(OC)c1)C(=O)CN(c1cc(Cl)ccc1Cl)S(C)(=O)=O. The van der Waals surface area contributed by atoms with Gasteiger partial charge in [0.05, 0.1) is 24.1 Å². The van der Waals surface area contributed by atoms with Crippen LogP contribution in [0.25, 0.3) is 0 Å². The topological polar surface area (TPSA) is 96.0 Å². The number of carbonyl (C=O) groups is 2. The van der Waals surface area contributed by atoms with Crippen molar-refractivity contribution in [2.75, 3.05) is 24.2 Å². The second-order valence-corrected chi connectivity index (χ2v) is 11.1. The number of hydrogen-bond donors (Lipinski definition) is 1. The molecule has 2 aromatic rings. The molecule has 0 saturated carbocycles. The first-order valence-corrected chi connectivity index (χ1v) is 13.6. The van der Waals surface area contributed by atoms with Gasteiger partial charge in [-0.15, -0.1) is 0 Å². The van der Waals surface area contributed by atoms with Crippen LogP contribution in [-0.4, -0.2) is 57.1 Å². The Labute approximate surface area is 217 Å². The fourth-order valence-electron chi connectivity index (χ4n) is 3.54. The van der Waals surface area contributed by atoms with Gasteiger partial charge in [-0.2, -0.15) is 0 Å². The molecule has 0 heterocycles. The van der Waals surface area contributed by atoms with E-state index >= 15 is 0 Å². The van der Waals surface area contributed by atoms with Gasteiger partial charge in [0.2, 0.25) is 21.8 Å². The highest BCUT2D eigenvalue weighted by Crippen LogP contribution is 2.31. The minimum absolute atomic E-state index is 0.0704. The lowest BCUT2D eigenvalue weighted by Crippen LogP contribution is -2.53. The van der Waals surface area contributed by atoms with Crippen LogP contribution < -0.4 is 14.4 Å². The molecule has 0 fully saturated rings. The first kappa shape index (κ1) is 28.7. The Morgan fingerprint density at radius 2 is 1.80 bits per heavy atom. The average Bonchev–Trinajstić information content (AvgIpc) is 2.77. The van der Waals surface area contributed by atoms with Gasteiger partial charge in [0.15, 0.2) is 0 Å². The smallest absolute Gasteiger partial charge is 0.244 e. The van der Waals surface area contributed by atoms with Gasteiger partial charge in [-0.25, -0.2) is 8.42 Å². The Morgan fingerprint density at radius 3 is 2.37 bits per heavy atom. The number of amides is 2. The van der Waals surface area contributed by atoms with Crippen LogP contribution in [0.15, 0.2) is 42.5 Å². The van der Waals surface area contributed by atoms with Crippen LogP contribution in [0.4, 0.5) is 5.69 Å². The maximum Gasteiger partial charge on any atom is 0.244 e. The molecule has 35 heavy (non-hydrogen) atoms. The minimum Gasteiger partial charge on any atom is -0.497 e. The van der Waals surface area contributed by atoms with E-state index in [4.69, 9.17) is 27.9 Å². The van der Waals surface area contributed by atoms with Crippen LogP contribution in [0.3, 0.4) is 0 Å². The number of nitrogens with zero attached hydrogens (tertiary/aromatic N) is 2. The van der Waals surface area contributed by atoms with E-state index in [1.165, 1.54) is 30.2 Å². The highest BCUT2D eigenvalue weighted by Gasteiger charge is 2.32. The largest absolute Gasteiger partial charge is 0.497 e. The Morgan fingerprint density at radius 1 is 1.11 bits per heavy atom. The number of halogens is 2. The lowest BCUT2D eigenvalue weighted by Gasteiger charge is -2.33. The maximum absolute atomic E-state index is 13.7. The summed E-state index contributed by atoms with van der Waals surface area (Å²) < 4.78 is 31.5. The summed E-state index contributed by atoms with van der Waals surface area (Å²) in [5, 5.41) is 3.23. The summed E-state index contributed by atoms with van der Waals surface area (Å²) in [6, 6.07) is 10.5. The first-order chi connectivity index (χ1) is 16.4. The molecule has 11 heteroatoms. The van der Waals surface area contributed by atoms with Crippen molar-refractivity contribution in [3.63, 3.8) is 0 Å². The average molecular weight is 545 g/mol. The van der Waals surface area contributed by atoms with Crippen LogP contribution in [0.5, 0.6) is 5.75 Å². The van der Waals surface area contributed by atoms with Gasteiger partial charge in [0.1, 0.15) is 18.3 Å². The lowest BCUT2D eigenvalue weighted by atomic mass is 10.1. The Hall–Kier alpha value is -2.49. The van der Waals surface area contributed by atoms with Crippen molar-refractivity contribution in [2.45, 2.75) is 45.8 Å². The summed E-state index contributed by atoms with van der Waals surface area (Å²) in [4.78, 5) is 28.0. The predicted octanol–water partition coefficient (Wildman–Crippen LogP) is 4.10. The third kappa shape index (κ3) is 8.02. The minimum atomic E-state index is -3.92. The fourth-order valence-corrected chi connectivity index (χ4v) is 4.83. The molecule has 2 rings (SSSR count). The molecule has 0 aromatic heterocycles. The number of carbonyl (C=O) groups excluding carboxylic acids is 2. The monoisotopic (exact) mass is 543 g/mol. The van der Waals surface area contributed by atoms with Crippen LogP contribution in [0.1, 0.15) is 32.8 Å². The Balaban J connectivity index is 2.50. The van der Waals surface area contributed by atoms with Crippen molar-refractivity contribution in [2.24, 2.45) is 0 Å². The molecule has 0 radical (unpaired) electrons. The third-order valence-electron chi connectivity index (χ3n) is 5.16. The quantitative estimate of drug-likeness (QED) is 0.460.